The molecule has 2 amide bonds. The fraction of sp³-hybridized carbons (Fsp3) is 0.556. The molecular formula is C9H16N2O2. The lowest BCUT2D eigenvalue weighted by Gasteiger charge is -2.17. The predicted molar refractivity (Wildman–Crippen MR) is 50.8 cm³/mol. The Bertz CT molecular complexity index is 226. The highest BCUT2D eigenvalue weighted by atomic mass is 16.2. The molecule has 0 bridgehead atoms. The summed E-state index contributed by atoms with van der Waals surface area (Å²) in [6, 6.07) is 0. The molecule has 0 aliphatic heterocycles. The van der Waals surface area contributed by atoms with Gasteiger partial charge in [-0.25, -0.2) is 0 Å². The summed E-state index contributed by atoms with van der Waals surface area (Å²) in [5.41, 5.74) is 4.85. The van der Waals surface area contributed by atoms with E-state index in [-0.39, 0.29) is 11.3 Å². The maximum atomic E-state index is 11.0. The van der Waals surface area contributed by atoms with E-state index < -0.39 is 5.91 Å². The van der Waals surface area contributed by atoms with Crippen LogP contribution in [0.25, 0.3) is 0 Å². The number of carbonyl (C=O) groups excluding carboxylic acids is 2. The lowest BCUT2D eigenvalue weighted by molar-refractivity contribution is -0.118. The summed E-state index contributed by atoms with van der Waals surface area (Å²) < 4.78 is 0. The van der Waals surface area contributed by atoms with Gasteiger partial charge in [0.05, 0.1) is 0 Å². The van der Waals surface area contributed by atoms with Gasteiger partial charge in [0, 0.05) is 18.7 Å². The molecule has 4 heteroatoms. The lowest BCUT2D eigenvalue weighted by Crippen LogP contribution is -2.31. The summed E-state index contributed by atoms with van der Waals surface area (Å²) in [7, 11) is 0. The first-order chi connectivity index (χ1) is 5.81. The zero-order chi connectivity index (χ0) is 10.5. The number of primary amides is 1. The molecule has 0 saturated carbocycles. The van der Waals surface area contributed by atoms with Crippen LogP contribution in [-0.2, 0) is 9.59 Å². The molecule has 0 aromatic heterocycles. The highest BCUT2D eigenvalue weighted by Gasteiger charge is 2.10. The second kappa shape index (κ2) is 4.64. The average Bonchev–Trinajstić information content (AvgIpc) is 1.95. The van der Waals surface area contributed by atoms with Crippen molar-refractivity contribution in [3.05, 3.63) is 12.2 Å². The van der Waals surface area contributed by atoms with Gasteiger partial charge in [0.2, 0.25) is 11.8 Å². The van der Waals surface area contributed by atoms with Crippen LogP contribution in [-0.4, -0.2) is 18.4 Å². The number of hydrogen-bond donors (Lipinski definition) is 2. The van der Waals surface area contributed by atoms with E-state index in [9.17, 15) is 9.59 Å². The van der Waals surface area contributed by atoms with E-state index in [0.29, 0.717) is 6.54 Å². The van der Waals surface area contributed by atoms with Gasteiger partial charge in [0.1, 0.15) is 0 Å². The van der Waals surface area contributed by atoms with Crippen LogP contribution in [0.5, 0.6) is 0 Å². The largest absolute Gasteiger partial charge is 0.366 e. The Morgan fingerprint density at radius 2 is 1.85 bits per heavy atom. The molecule has 0 aliphatic rings. The SMILES string of the molecule is CC(C)(C)CNC(=O)/C=C/C(N)=O. The second-order valence-electron chi connectivity index (χ2n) is 4.01. The number of amides is 2. The Hall–Kier alpha value is -1.32. The summed E-state index contributed by atoms with van der Waals surface area (Å²) in [6.07, 6.45) is 2.17. The quantitative estimate of drug-likeness (QED) is 0.614. The van der Waals surface area contributed by atoms with Crippen molar-refractivity contribution in [3.63, 3.8) is 0 Å². The Labute approximate surface area is 78.2 Å². The molecule has 0 heterocycles. The maximum Gasteiger partial charge on any atom is 0.244 e. The third kappa shape index (κ3) is 8.59. The van der Waals surface area contributed by atoms with Gasteiger partial charge in [-0.05, 0) is 5.41 Å². The smallest absolute Gasteiger partial charge is 0.244 e. The van der Waals surface area contributed by atoms with E-state index >= 15 is 0 Å². The van der Waals surface area contributed by atoms with Gasteiger partial charge >= 0.3 is 0 Å². The monoisotopic (exact) mass is 184 g/mol. The molecule has 74 valence electrons. The van der Waals surface area contributed by atoms with Crippen LogP contribution in [0.15, 0.2) is 12.2 Å². The van der Waals surface area contributed by atoms with Crippen LogP contribution >= 0.6 is 0 Å². The van der Waals surface area contributed by atoms with Crippen LogP contribution < -0.4 is 11.1 Å². The fourth-order valence-electron chi connectivity index (χ4n) is 0.569. The van der Waals surface area contributed by atoms with Crippen LogP contribution in [0.1, 0.15) is 20.8 Å². The first-order valence-corrected chi connectivity index (χ1v) is 4.06. The molecule has 0 unspecified atom stereocenters. The number of hydrogen-bond acceptors (Lipinski definition) is 2. The van der Waals surface area contributed by atoms with Crippen molar-refractivity contribution in [2.45, 2.75) is 20.8 Å². The second-order valence-corrected chi connectivity index (χ2v) is 4.01. The standard InChI is InChI=1S/C9H16N2O2/c1-9(2,3)6-11-8(13)5-4-7(10)12/h4-5H,6H2,1-3H3,(H2,10,12)(H,11,13)/b5-4+. The molecule has 0 rings (SSSR count). The van der Waals surface area contributed by atoms with E-state index in [2.05, 4.69) is 5.32 Å². The summed E-state index contributed by atoms with van der Waals surface area (Å²) in [5.74, 6) is -0.917. The minimum atomic E-state index is -0.620. The molecule has 0 aromatic rings. The Kier molecular flexibility index (Phi) is 4.17. The van der Waals surface area contributed by atoms with Gasteiger partial charge < -0.3 is 11.1 Å². The zero-order valence-electron chi connectivity index (χ0n) is 8.26. The Morgan fingerprint density at radius 3 is 2.23 bits per heavy atom. The van der Waals surface area contributed by atoms with Gasteiger partial charge in [-0.3, -0.25) is 9.59 Å². The number of nitrogens with one attached hydrogen (secondary N) is 1. The van der Waals surface area contributed by atoms with Crippen LogP contribution in [0.4, 0.5) is 0 Å². The summed E-state index contributed by atoms with van der Waals surface area (Å²) in [5, 5.41) is 2.64. The first-order valence-electron chi connectivity index (χ1n) is 4.06. The summed E-state index contributed by atoms with van der Waals surface area (Å²) in [6.45, 7) is 6.58. The molecule has 0 aromatic carbocycles. The molecule has 4 nitrogen and oxygen atoms in total. The topological polar surface area (TPSA) is 72.2 Å². The minimum absolute atomic E-state index is 0.0379. The summed E-state index contributed by atoms with van der Waals surface area (Å²) >= 11 is 0. The first kappa shape index (κ1) is 11.7. The van der Waals surface area contributed by atoms with Gasteiger partial charge in [0.25, 0.3) is 0 Å². The van der Waals surface area contributed by atoms with E-state index in [0.717, 1.165) is 12.2 Å². The van der Waals surface area contributed by atoms with Crippen molar-refractivity contribution in [1.82, 2.24) is 5.32 Å². The normalized spacial score (nSPS) is 11.6. The van der Waals surface area contributed by atoms with Crippen LogP contribution in [0, 0.1) is 5.41 Å². The average molecular weight is 184 g/mol. The Balaban J connectivity index is 3.83. The van der Waals surface area contributed by atoms with Crippen molar-refractivity contribution in [2.75, 3.05) is 6.54 Å². The number of carbonyl (C=O) groups is 2. The molecule has 0 radical (unpaired) electrons. The van der Waals surface area contributed by atoms with E-state index in [1.54, 1.807) is 0 Å². The van der Waals surface area contributed by atoms with Gasteiger partial charge in [-0.15, -0.1) is 0 Å². The summed E-state index contributed by atoms with van der Waals surface area (Å²) in [4.78, 5) is 21.2. The van der Waals surface area contributed by atoms with Gasteiger partial charge in [-0.1, -0.05) is 20.8 Å². The van der Waals surface area contributed by atoms with Crippen molar-refractivity contribution in [2.24, 2.45) is 11.1 Å². The molecule has 0 spiro atoms. The third-order valence-electron chi connectivity index (χ3n) is 1.19. The van der Waals surface area contributed by atoms with Crippen molar-refractivity contribution < 1.29 is 9.59 Å². The molecular weight excluding hydrogens is 168 g/mol. The van der Waals surface area contributed by atoms with Crippen LogP contribution in [0.3, 0.4) is 0 Å². The van der Waals surface area contributed by atoms with Crippen molar-refractivity contribution >= 4 is 11.8 Å². The van der Waals surface area contributed by atoms with Gasteiger partial charge in [0.15, 0.2) is 0 Å². The highest BCUT2D eigenvalue weighted by Crippen LogP contribution is 2.09. The van der Waals surface area contributed by atoms with Crippen LogP contribution in [0.2, 0.25) is 0 Å². The molecule has 0 fully saturated rings. The van der Waals surface area contributed by atoms with Crippen molar-refractivity contribution in [3.8, 4) is 0 Å². The van der Waals surface area contributed by atoms with E-state index in [4.69, 9.17) is 5.73 Å². The Morgan fingerprint density at radius 1 is 1.31 bits per heavy atom. The third-order valence-corrected chi connectivity index (χ3v) is 1.19. The predicted octanol–water partition coefficient (Wildman–Crippen LogP) is 0.190. The minimum Gasteiger partial charge on any atom is -0.366 e. The molecule has 0 atom stereocenters. The fourth-order valence-corrected chi connectivity index (χ4v) is 0.569. The van der Waals surface area contributed by atoms with E-state index in [1.165, 1.54) is 0 Å². The molecule has 13 heavy (non-hydrogen) atoms. The molecule has 0 aliphatic carbocycles. The number of rotatable bonds is 3. The molecule has 3 N–H and O–H groups in total. The molecule has 0 saturated heterocycles. The zero-order valence-corrected chi connectivity index (χ0v) is 8.26. The highest BCUT2D eigenvalue weighted by molar-refractivity contribution is 5.95. The lowest BCUT2D eigenvalue weighted by atomic mass is 9.97. The maximum absolute atomic E-state index is 11.0. The van der Waals surface area contributed by atoms with Gasteiger partial charge in [-0.2, -0.15) is 0 Å². The van der Waals surface area contributed by atoms with Crippen molar-refractivity contribution in [1.29, 1.82) is 0 Å². The van der Waals surface area contributed by atoms with E-state index in [1.807, 2.05) is 20.8 Å². The number of nitrogens with two attached hydrogens (primary N) is 1.